The van der Waals surface area contributed by atoms with Crippen LogP contribution in [0.2, 0.25) is 36.3 Å². The monoisotopic (exact) mass is 345 g/mol. The SMILES string of the molecule is CCC[Si](CCC)(CCC)[P][Si](CCC)(CCC)CCC. The quantitative estimate of drug-likeness (QED) is 0.219. The van der Waals surface area contributed by atoms with Crippen LogP contribution in [0.15, 0.2) is 0 Å². The molecule has 0 nitrogen and oxygen atoms in total. The van der Waals surface area contributed by atoms with Gasteiger partial charge >= 0.3 is 0 Å². The molecular weight excluding hydrogens is 303 g/mol. The molecule has 0 aliphatic rings. The van der Waals surface area contributed by atoms with E-state index in [4.69, 9.17) is 0 Å². The number of hydrogen-bond acceptors (Lipinski definition) is 0. The fraction of sp³-hybridized carbons (Fsp3) is 1.00. The second-order valence-electron chi connectivity index (χ2n) is 7.06. The van der Waals surface area contributed by atoms with Gasteiger partial charge in [-0.25, -0.2) is 0 Å². The van der Waals surface area contributed by atoms with Crippen molar-refractivity contribution in [3.05, 3.63) is 0 Å². The summed E-state index contributed by atoms with van der Waals surface area (Å²) in [6.07, 6.45) is 8.63. The first-order valence-electron chi connectivity index (χ1n) is 9.81. The van der Waals surface area contributed by atoms with E-state index in [1.54, 1.807) is 36.3 Å². The Morgan fingerprint density at radius 3 is 0.762 bits per heavy atom. The lowest BCUT2D eigenvalue weighted by Crippen LogP contribution is -2.39. The van der Waals surface area contributed by atoms with Gasteiger partial charge in [0, 0.05) is 0 Å². The van der Waals surface area contributed by atoms with Gasteiger partial charge in [0.15, 0.2) is 0 Å². The van der Waals surface area contributed by atoms with Crippen LogP contribution in [0.3, 0.4) is 0 Å². The minimum Gasteiger partial charge on any atom is -0.111 e. The van der Waals surface area contributed by atoms with Crippen LogP contribution >= 0.6 is 7.68 Å². The predicted octanol–water partition coefficient (Wildman–Crippen LogP) is 8.28. The zero-order chi connectivity index (χ0) is 16.2. The van der Waals surface area contributed by atoms with Crippen LogP contribution in [-0.2, 0) is 0 Å². The summed E-state index contributed by atoms with van der Waals surface area (Å²) in [5.74, 6) is 0. The molecule has 0 fully saturated rings. The summed E-state index contributed by atoms with van der Waals surface area (Å²) >= 11 is 0. The van der Waals surface area contributed by atoms with E-state index in [2.05, 4.69) is 49.2 Å². The Labute approximate surface area is 139 Å². The first-order chi connectivity index (χ1) is 10.1. The Morgan fingerprint density at radius 2 is 0.619 bits per heavy atom. The summed E-state index contributed by atoms with van der Waals surface area (Å²) in [7, 11) is 0.0744. The highest BCUT2D eigenvalue weighted by molar-refractivity contribution is 8.07. The highest BCUT2D eigenvalue weighted by Crippen LogP contribution is 2.52. The van der Waals surface area contributed by atoms with Crippen molar-refractivity contribution >= 4 is 23.2 Å². The predicted molar refractivity (Wildman–Crippen MR) is 109 cm³/mol. The third-order valence-electron chi connectivity index (χ3n) is 4.77. The summed E-state index contributed by atoms with van der Waals surface area (Å²) in [5.41, 5.74) is 0. The van der Waals surface area contributed by atoms with Crippen molar-refractivity contribution in [1.82, 2.24) is 0 Å². The average Bonchev–Trinajstić information content (AvgIpc) is 2.40. The summed E-state index contributed by atoms with van der Waals surface area (Å²) in [6, 6.07) is 9.68. The molecule has 0 rings (SSSR count). The van der Waals surface area contributed by atoms with Crippen molar-refractivity contribution in [3.8, 4) is 0 Å². The normalized spacial score (nSPS) is 12.9. The molecule has 0 atom stereocenters. The van der Waals surface area contributed by atoms with E-state index >= 15 is 0 Å². The van der Waals surface area contributed by atoms with Gasteiger partial charge in [-0.2, -0.15) is 0 Å². The van der Waals surface area contributed by atoms with E-state index in [1.807, 2.05) is 0 Å². The maximum absolute atomic E-state index is 2.44. The molecule has 0 aromatic heterocycles. The van der Waals surface area contributed by atoms with E-state index in [0.717, 1.165) is 0 Å². The molecule has 1 radical (unpaired) electrons. The molecule has 0 bridgehead atoms. The largest absolute Gasteiger partial charge is 0.111 e. The average molecular weight is 346 g/mol. The molecule has 21 heavy (non-hydrogen) atoms. The highest BCUT2D eigenvalue weighted by Gasteiger charge is 2.41. The first kappa shape index (κ1) is 21.9. The van der Waals surface area contributed by atoms with E-state index in [-0.39, 0.29) is 0 Å². The third-order valence-corrected chi connectivity index (χ3v) is 29.7. The molecule has 3 heteroatoms. The second kappa shape index (κ2) is 12.3. The van der Waals surface area contributed by atoms with Crippen LogP contribution in [0.1, 0.15) is 80.1 Å². The zero-order valence-electron chi connectivity index (χ0n) is 15.9. The molecule has 0 N–H and O–H groups in total. The molecular formula is C18H42PSi2. The van der Waals surface area contributed by atoms with E-state index in [9.17, 15) is 0 Å². The minimum absolute atomic E-state index is 1.01. The van der Waals surface area contributed by atoms with Gasteiger partial charge in [-0.3, -0.25) is 0 Å². The topological polar surface area (TPSA) is 0 Å². The Bertz CT molecular complexity index is 185. The lowest BCUT2D eigenvalue weighted by atomic mass is 10.6. The van der Waals surface area contributed by atoms with Crippen LogP contribution in [-0.4, -0.2) is 15.5 Å². The molecule has 0 unspecified atom stereocenters. The lowest BCUT2D eigenvalue weighted by molar-refractivity contribution is 0.941. The molecule has 0 aromatic rings. The van der Waals surface area contributed by atoms with Crippen LogP contribution in [0.4, 0.5) is 0 Å². The second-order valence-corrected chi connectivity index (χ2v) is 23.6. The Hall–Kier alpha value is 0.864. The maximum Gasteiger partial charge on any atom is 0.0810 e. The molecule has 127 valence electrons. The van der Waals surface area contributed by atoms with Crippen molar-refractivity contribution in [3.63, 3.8) is 0 Å². The van der Waals surface area contributed by atoms with Crippen LogP contribution < -0.4 is 0 Å². The van der Waals surface area contributed by atoms with Crippen LogP contribution in [0, 0.1) is 0 Å². The molecule has 0 saturated heterocycles. The Balaban J connectivity index is 5.30. The van der Waals surface area contributed by atoms with Crippen molar-refractivity contribution < 1.29 is 0 Å². The molecule has 0 aromatic carbocycles. The van der Waals surface area contributed by atoms with E-state index in [0.29, 0.717) is 0 Å². The number of rotatable bonds is 14. The standard InChI is InChI=1S/C18H42PSi2/c1-7-13-20(14-8-2,15-9-3)19-21(16-10-4,17-11-5)18-12-6/h7-18H2,1-6H3. The van der Waals surface area contributed by atoms with E-state index < -0.39 is 15.5 Å². The summed E-state index contributed by atoms with van der Waals surface area (Å²) in [5, 5.41) is 0. The van der Waals surface area contributed by atoms with Gasteiger partial charge in [0.05, 0.1) is 15.5 Å². The van der Waals surface area contributed by atoms with Crippen molar-refractivity contribution in [2.24, 2.45) is 0 Å². The van der Waals surface area contributed by atoms with Crippen molar-refractivity contribution in [2.45, 2.75) is 116 Å². The van der Waals surface area contributed by atoms with Crippen LogP contribution in [0.25, 0.3) is 0 Å². The molecule has 0 aliphatic heterocycles. The summed E-state index contributed by atoms with van der Waals surface area (Å²) < 4.78 is 0. The van der Waals surface area contributed by atoms with E-state index in [1.165, 1.54) is 38.5 Å². The smallest absolute Gasteiger partial charge is 0.0810 e. The zero-order valence-corrected chi connectivity index (χ0v) is 18.8. The van der Waals surface area contributed by atoms with Gasteiger partial charge in [0.2, 0.25) is 0 Å². The van der Waals surface area contributed by atoms with Crippen molar-refractivity contribution in [1.29, 1.82) is 0 Å². The highest BCUT2D eigenvalue weighted by atomic mass is 31.6. The van der Waals surface area contributed by atoms with Gasteiger partial charge in [-0.05, 0) is 0 Å². The molecule has 0 spiro atoms. The summed E-state index contributed by atoms with van der Waals surface area (Å²) in [4.78, 5) is 0. The molecule has 0 aliphatic carbocycles. The third kappa shape index (κ3) is 7.79. The van der Waals surface area contributed by atoms with Gasteiger partial charge in [-0.1, -0.05) is 116 Å². The van der Waals surface area contributed by atoms with Gasteiger partial charge < -0.3 is 0 Å². The van der Waals surface area contributed by atoms with Gasteiger partial charge in [0.1, 0.15) is 0 Å². The fourth-order valence-corrected chi connectivity index (χ4v) is 37.3. The fourth-order valence-electron chi connectivity index (χ4n) is 4.38. The Kier molecular flexibility index (Phi) is 12.8. The molecule has 0 amide bonds. The van der Waals surface area contributed by atoms with Gasteiger partial charge in [-0.15, -0.1) is 7.68 Å². The van der Waals surface area contributed by atoms with Gasteiger partial charge in [0.25, 0.3) is 0 Å². The first-order valence-corrected chi connectivity index (χ1v) is 17.6. The van der Waals surface area contributed by atoms with Crippen LogP contribution in [0.5, 0.6) is 0 Å². The minimum atomic E-state index is -1.01. The number of hydrogen-bond donors (Lipinski definition) is 0. The summed E-state index contributed by atoms with van der Waals surface area (Å²) in [6.45, 7) is 14.6. The lowest BCUT2D eigenvalue weighted by Gasteiger charge is -2.41. The molecule has 0 heterocycles. The Morgan fingerprint density at radius 1 is 0.429 bits per heavy atom. The van der Waals surface area contributed by atoms with Crippen molar-refractivity contribution in [2.75, 3.05) is 0 Å². The molecule has 0 saturated carbocycles. The maximum atomic E-state index is 2.44.